The number of thiophene rings is 1. The van der Waals surface area contributed by atoms with Crippen molar-refractivity contribution in [2.24, 2.45) is 5.73 Å². The Morgan fingerprint density at radius 2 is 1.83 bits per heavy atom. The number of aromatic nitrogens is 1. The van der Waals surface area contributed by atoms with Gasteiger partial charge in [-0.05, 0) is 42.3 Å². The van der Waals surface area contributed by atoms with Crippen molar-refractivity contribution in [1.29, 1.82) is 0 Å². The topological polar surface area (TPSA) is 151 Å². The predicted octanol–water partition coefficient (Wildman–Crippen LogP) is 6.72. The lowest BCUT2D eigenvalue weighted by Gasteiger charge is -2.12. The summed E-state index contributed by atoms with van der Waals surface area (Å²) in [6.07, 6.45) is -4.78. The molecule has 5 aromatic rings. The van der Waals surface area contributed by atoms with Crippen LogP contribution in [-0.2, 0) is 12.8 Å². The van der Waals surface area contributed by atoms with Crippen LogP contribution in [0.25, 0.3) is 21.3 Å². The molecule has 0 aliphatic heterocycles. The van der Waals surface area contributed by atoms with Gasteiger partial charge in [-0.1, -0.05) is 42.0 Å². The van der Waals surface area contributed by atoms with Crippen LogP contribution in [0.15, 0.2) is 71.1 Å². The SMILES string of the molecule is Cc1ccc(-c2cc(C(F)(F)F)nc3sc(C(N)=O)c(NC(=O)c4ccc(COc5ccccc5[N+](=O)[O-])o4)c23)cc1. The Bertz CT molecular complexity index is 1850. The molecule has 3 heterocycles. The molecule has 5 rings (SSSR count). The number of furan rings is 1. The van der Waals surface area contributed by atoms with Crippen molar-refractivity contribution in [3.8, 4) is 16.9 Å². The number of hydrogen-bond acceptors (Lipinski definition) is 8. The van der Waals surface area contributed by atoms with Gasteiger partial charge in [0.1, 0.15) is 27.8 Å². The lowest BCUT2D eigenvalue weighted by atomic mass is 10.00. The van der Waals surface area contributed by atoms with Crippen LogP contribution in [0.1, 0.15) is 37.2 Å². The summed E-state index contributed by atoms with van der Waals surface area (Å²) < 4.78 is 52.2. The van der Waals surface area contributed by atoms with Crippen LogP contribution < -0.4 is 15.8 Å². The number of aryl methyl sites for hydroxylation is 1. The van der Waals surface area contributed by atoms with Crippen LogP contribution in [0.4, 0.5) is 24.5 Å². The van der Waals surface area contributed by atoms with Crippen molar-refractivity contribution < 1.29 is 36.8 Å². The molecule has 0 unspecified atom stereocenters. The third kappa shape index (κ3) is 5.65. The summed E-state index contributed by atoms with van der Waals surface area (Å²) in [5.41, 5.74) is 5.36. The highest BCUT2D eigenvalue weighted by atomic mass is 32.1. The number of nitrogens with two attached hydrogens (primary N) is 1. The average Bonchev–Trinajstić information content (AvgIpc) is 3.57. The quantitative estimate of drug-likeness (QED) is 0.149. The number of rotatable bonds is 8. The molecule has 2 amide bonds. The second-order valence-corrected chi connectivity index (χ2v) is 10.0. The molecule has 0 saturated carbocycles. The fourth-order valence-electron chi connectivity index (χ4n) is 4.13. The third-order valence-corrected chi connectivity index (χ3v) is 7.19. The van der Waals surface area contributed by atoms with Crippen molar-refractivity contribution >= 4 is 44.7 Å². The number of hydrogen-bond donors (Lipinski definition) is 2. The zero-order valence-electron chi connectivity index (χ0n) is 21.5. The molecule has 0 aliphatic rings. The first-order valence-corrected chi connectivity index (χ1v) is 12.9. The number of primary amides is 1. The summed E-state index contributed by atoms with van der Waals surface area (Å²) in [6, 6.07) is 16.0. The molecular weight excluding hydrogens is 577 g/mol. The van der Waals surface area contributed by atoms with Crippen LogP contribution in [0.5, 0.6) is 5.75 Å². The first-order chi connectivity index (χ1) is 19.9. The smallest absolute Gasteiger partial charge is 0.433 e. The average molecular weight is 597 g/mol. The van der Waals surface area contributed by atoms with E-state index in [-0.39, 0.29) is 55.9 Å². The number of pyridine rings is 1. The minimum Gasteiger partial charge on any atom is -0.479 e. The molecular formula is C28H19F3N4O6S. The Morgan fingerprint density at radius 1 is 1.12 bits per heavy atom. The molecule has 10 nitrogen and oxygen atoms in total. The van der Waals surface area contributed by atoms with Gasteiger partial charge in [-0.2, -0.15) is 13.2 Å². The first-order valence-electron chi connectivity index (χ1n) is 12.1. The number of ether oxygens (including phenoxy) is 1. The molecule has 0 atom stereocenters. The maximum absolute atomic E-state index is 13.7. The van der Waals surface area contributed by atoms with E-state index in [9.17, 15) is 32.9 Å². The van der Waals surface area contributed by atoms with E-state index in [1.807, 2.05) is 6.92 Å². The summed E-state index contributed by atoms with van der Waals surface area (Å²) in [7, 11) is 0. The van der Waals surface area contributed by atoms with Gasteiger partial charge in [0.25, 0.3) is 11.8 Å². The molecule has 0 radical (unpaired) electrons. The van der Waals surface area contributed by atoms with E-state index >= 15 is 0 Å². The van der Waals surface area contributed by atoms with Gasteiger partial charge in [-0.3, -0.25) is 19.7 Å². The van der Waals surface area contributed by atoms with Crippen LogP contribution in [-0.4, -0.2) is 21.7 Å². The lowest BCUT2D eigenvalue weighted by molar-refractivity contribution is -0.386. The minimum atomic E-state index is -4.78. The molecule has 214 valence electrons. The number of carbonyl (C=O) groups is 2. The number of nitrogens with zero attached hydrogens (tertiary/aromatic N) is 2. The molecule has 0 bridgehead atoms. The molecule has 3 aromatic heterocycles. The zero-order valence-corrected chi connectivity index (χ0v) is 22.3. The van der Waals surface area contributed by atoms with Crippen LogP contribution in [0, 0.1) is 17.0 Å². The Morgan fingerprint density at radius 3 is 2.50 bits per heavy atom. The van der Waals surface area contributed by atoms with E-state index in [1.54, 1.807) is 30.3 Å². The Hall–Kier alpha value is -5.24. The van der Waals surface area contributed by atoms with Crippen molar-refractivity contribution in [2.75, 3.05) is 5.32 Å². The number of amides is 2. The van der Waals surface area contributed by atoms with Gasteiger partial charge in [0.15, 0.2) is 11.5 Å². The van der Waals surface area contributed by atoms with E-state index in [1.165, 1.54) is 30.3 Å². The summed E-state index contributed by atoms with van der Waals surface area (Å²) in [4.78, 5) is 39.5. The van der Waals surface area contributed by atoms with Crippen molar-refractivity contribution in [3.63, 3.8) is 0 Å². The fourth-order valence-corrected chi connectivity index (χ4v) is 5.14. The second-order valence-electron chi connectivity index (χ2n) is 9.00. The van der Waals surface area contributed by atoms with Crippen LogP contribution in [0.3, 0.4) is 0 Å². The number of anilines is 1. The number of alkyl halides is 3. The predicted molar refractivity (Wildman–Crippen MR) is 147 cm³/mol. The summed E-state index contributed by atoms with van der Waals surface area (Å²) in [5.74, 6) is -1.88. The number of nitro groups is 1. The van der Waals surface area contributed by atoms with Crippen LogP contribution >= 0.6 is 11.3 Å². The van der Waals surface area contributed by atoms with Gasteiger partial charge in [-0.25, -0.2) is 4.98 Å². The van der Waals surface area contributed by atoms with Gasteiger partial charge >= 0.3 is 11.9 Å². The van der Waals surface area contributed by atoms with Gasteiger partial charge in [0, 0.05) is 11.5 Å². The molecule has 0 fully saturated rings. The largest absolute Gasteiger partial charge is 0.479 e. The van der Waals surface area contributed by atoms with Gasteiger partial charge in [0.05, 0.1) is 10.6 Å². The standard InChI is InChI=1S/C28H19F3N4O6S/c1-14-6-8-15(9-7-14)17-12-21(28(29,30)31)33-27-22(17)23(24(42-27)25(32)36)34-26(37)20-11-10-16(41-20)13-40-19-5-3-2-4-18(19)35(38)39/h2-12H,13H2,1H3,(H2,32,36)(H,34,37). The molecule has 3 N–H and O–H groups in total. The second kappa shape index (κ2) is 11.0. The van der Waals surface area contributed by atoms with Crippen LogP contribution in [0.2, 0.25) is 0 Å². The lowest BCUT2D eigenvalue weighted by Crippen LogP contribution is -2.16. The fraction of sp³-hybridized carbons (Fsp3) is 0.107. The highest BCUT2D eigenvalue weighted by Gasteiger charge is 2.35. The number of nitrogens with one attached hydrogen (secondary N) is 1. The number of carbonyl (C=O) groups excluding carboxylic acids is 2. The summed E-state index contributed by atoms with van der Waals surface area (Å²) in [6.45, 7) is 1.58. The maximum atomic E-state index is 13.7. The molecule has 2 aromatic carbocycles. The van der Waals surface area contributed by atoms with E-state index < -0.39 is 28.6 Å². The van der Waals surface area contributed by atoms with E-state index in [2.05, 4.69) is 10.3 Å². The van der Waals surface area contributed by atoms with E-state index in [0.29, 0.717) is 16.9 Å². The number of fused-ring (bicyclic) bond motifs is 1. The highest BCUT2D eigenvalue weighted by Crippen LogP contribution is 2.44. The monoisotopic (exact) mass is 596 g/mol. The summed E-state index contributed by atoms with van der Waals surface area (Å²) >= 11 is 0.620. The summed E-state index contributed by atoms with van der Waals surface area (Å²) in [5, 5.41) is 13.9. The Balaban J connectivity index is 1.50. The Kier molecular flexibility index (Phi) is 7.39. The molecule has 0 saturated heterocycles. The molecule has 42 heavy (non-hydrogen) atoms. The van der Waals surface area contributed by atoms with Crippen molar-refractivity contribution in [1.82, 2.24) is 4.98 Å². The molecule has 0 aliphatic carbocycles. The van der Waals surface area contributed by atoms with Crippen molar-refractivity contribution in [2.45, 2.75) is 19.7 Å². The van der Waals surface area contributed by atoms with Crippen molar-refractivity contribution in [3.05, 3.63) is 104 Å². The van der Waals surface area contributed by atoms with E-state index in [0.717, 1.165) is 11.6 Å². The minimum absolute atomic E-state index is 0.00453. The number of halogens is 3. The first kappa shape index (κ1) is 28.3. The maximum Gasteiger partial charge on any atom is 0.433 e. The molecule has 14 heteroatoms. The van der Waals surface area contributed by atoms with Gasteiger partial charge < -0.3 is 20.2 Å². The normalized spacial score (nSPS) is 11.4. The zero-order chi connectivity index (χ0) is 30.2. The highest BCUT2D eigenvalue weighted by molar-refractivity contribution is 7.21. The molecule has 0 spiro atoms. The van der Waals surface area contributed by atoms with Gasteiger partial charge in [-0.15, -0.1) is 11.3 Å². The number of nitro benzene ring substituents is 1. The van der Waals surface area contributed by atoms with Gasteiger partial charge in [0.2, 0.25) is 0 Å². The third-order valence-electron chi connectivity index (χ3n) is 6.09. The number of benzene rings is 2. The Labute approximate surface area is 238 Å². The van der Waals surface area contributed by atoms with E-state index in [4.69, 9.17) is 14.9 Å². The number of para-hydroxylation sites is 2.